The molecule has 2 atom stereocenters. The third-order valence-electron chi connectivity index (χ3n) is 13.0. The number of carbonyl (C=O) groups is 6. The average Bonchev–Trinajstić information content (AvgIpc) is 3.36. The number of ether oxygens (including phenoxy) is 5. The molecule has 0 unspecified atom stereocenters. The second-order valence-corrected chi connectivity index (χ2v) is 27.7. The second kappa shape index (κ2) is 42.0. The Balaban J connectivity index is 2.98. The fraction of sp³-hybridized carbons (Fsp3) is 0.810. The molecule has 0 heterocycles. The van der Waals surface area contributed by atoms with Crippen molar-refractivity contribution in [1.29, 1.82) is 0 Å². The fourth-order valence-electron chi connectivity index (χ4n) is 8.72. The molecule has 15 nitrogen and oxygen atoms in total. The molecule has 462 valence electrons. The Morgan fingerprint density at radius 2 is 0.963 bits per heavy atom. The summed E-state index contributed by atoms with van der Waals surface area (Å²) in [6, 6.07) is 4.69. The van der Waals surface area contributed by atoms with E-state index in [-0.39, 0.29) is 61.3 Å². The van der Waals surface area contributed by atoms with E-state index in [1.807, 2.05) is 0 Å². The van der Waals surface area contributed by atoms with Crippen molar-refractivity contribution in [2.45, 2.75) is 304 Å². The number of unbranched alkanes of at least 4 members (excludes halogenated alkanes) is 24. The molecule has 0 saturated carbocycles. The summed E-state index contributed by atoms with van der Waals surface area (Å²) in [4.78, 5) is 78.8. The van der Waals surface area contributed by atoms with Gasteiger partial charge in [0.05, 0.1) is 12.3 Å². The van der Waals surface area contributed by atoms with Crippen molar-refractivity contribution < 1.29 is 60.9 Å². The van der Waals surface area contributed by atoms with E-state index in [0.29, 0.717) is 16.3 Å². The summed E-state index contributed by atoms with van der Waals surface area (Å²) < 4.78 is 56.7. The minimum Gasteiger partial charge on any atom is -0.462 e. The summed E-state index contributed by atoms with van der Waals surface area (Å²) in [5.74, 6) is -2.94. The fourth-order valence-corrected chi connectivity index (χ4v) is 11.5. The summed E-state index contributed by atoms with van der Waals surface area (Å²) in [6.07, 6.45) is 29.3. The summed E-state index contributed by atoms with van der Waals surface area (Å²) in [5.41, 5.74) is -2.13. The highest BCUT2D eigenvalue weighted by atomic mass is 32.2. The largest absolute Gasteiger partial charge is 0.462 e. The molecule has 0 aromatic heterocycles. The van der Waals surface area contributed by atoms with E-state index >= 15 is 0 Å². The third kappa shape index (κ3) is 40.4. The number of amides is 2. The number of benzene rings is 1. The van der Waals surface area contributed by atoms with Crippen molar-refractivity contribution in [3.05, 3.63) is 35.4 Å². The van der Waals surface area contributed by atoms with Crippen molar-refractivity contribution in [3.63, 3.8) is 0 Å². The van der Waals surface area contributed by atoms with Crippen LogP contribution in [0.3, 0.4) is 0 Å². The zero-order valence-corrected chi connectivity index (χ0v) is 53.4. The highest BCUT2D eigenvalue weighted by Crippen LogP contribution is 2.22. The lowest BCUT2D eigenvalue weighted by atomic mass is 10.0. The van der Waals surface area contributed by atoms with Gasteiger partial charge in [0.25, 0.3) is 5.91 Å². The lowest BCUT2D eigenvalue weighted by Crippen LogP contribution is -2.44. The maximum atomic E-state index is 14.0. The molecular weight excluding hydrogens is 1060 g/mol. The Hall–Kier alpha value is -3.86. The lowest BCUT2D eigenvalue weighted by Gasteiger charge is -2.27. The zero-order valence-electron chi connectivity index (χ0n) is 51.8. The summed E-state index contributed by atoms with van der Waals surface area (Å²) in [6.45, 7) is 19.1. The van der Waals surface area contributed by atoms with Crippen molar-refractivity contribution in [3.8, 4) is 0 Å². The van der Waals surface area contributed by atoms with Gasteiger partial charge in [0.1, 0.15) is 35.6 Å². The van der Waals surface area contributed by atoms with Gasteiger partial charge in [0.15, 0.2) is 0 Å². The van der Waals surface area contributed by atoms with Crippen molar-refractivity contribution >= 4 is 57.7 Å². The molecule has 0 aliphatic heterocycles. The van der Waals surface area contributed by atoms with Crippen molar-refractivity contribution in [2.24, 2.45) is 0 Å². The number of thioether (sulfide) groups is 1. The van der Waals surface area contributed by atoms with Crippen LogP contribution in [0.5, 0.6) is 0 Å². The van der Waals surface area contributed by atoms with E-state index in [1.165, 1.54) is 152 Å². The molecule has 1 aromatic rings. The minimum atomic E-state index is -4.31. The first-order valence-electron chi connectivity index (χ1n) is 30.8. The number of hydrogen-bond acceptors (Lipinski definition) is 14. The zero-order chi connectivity index (χ0) is 59.9. The molecule has 1 rings (SSSR count). The van der Waals surface area contributed by atoms with Crippen LogP contribution in [0.25, 0.3) is 0 Å². The predicted molar refractivity (Wildman–Crippen MR) is 323 cm³/mol. The molecule has 0 aliphatic carbocycles. The summed E-state index contributed by atoms with van der Waals surface area (Å²) >= 11 is 1.21. The van der Waals surface area contributed by atoms with Crippen LogP contribution in [0, 0.1) is 0 Å². The highest BCUT2D eigenvalue weighted by Gasteiger charge is 2.33. The number of hydrogen-bond donors (Lipinski definition) is 1. The minimum absolute atomic E-state index is 0.0211. The quantitative estimate of drug-likeness (QED) is 0.0367. The first kappa shape index (κ1) is 74.2. The van der Waals surface area contributed by atoms with Gasteiger partial charge < -0.3 is 29.0 Å². The van der Waals surface area contributed by atoms with Gasteiger partial charge in [-0.3, -0.25) is 19.2 Å². The Kier molecular flexibility index (Phi) is 39.0. The standard InChI is InChI=1S/C63H110N2O13S2/c1-12-14-16-18-20-22-24-26-28-30-32-34-36-38-55(66)74-49-53(75-56(67)39-37-35-33-31-29-27-25-23-21-19-17-15-13-2)50-79-46-47-80(72,73)65(60(71)78-63(9,10)11)48-51-40-42-52(43-41-51)58(69)64-54(59(70)77-62(6,7)8)44-45-57(68)76-61(3,4)5/h40-43,53-54H,12-39,44-50H2,1-11H3,(H,64,69)/t53-,54+/m1/s1. The van der Waals surface area contributed by atoms with Crippen LogP contribution in [0.4, 0.5) is 4.79 Å². The number of carbonyl (C=O) groups excluding carboxylic acids is 6. The number of esters is 4. The lowest BCUT2D eigenvalue weighted by molar-refractivity contribution is -0.158. The van der Waals surface area contributed by atoms with Crippen molar-refractivity contribution in [1.82, 2.24) is 9.62 Å². The van der Waals surface area contributed by atoms with Crippen LogP contribution in [-0.4, -0.2) is 101 Å². The molecule has 0 spiro atoms. The van der Waals surface area contributed by atoms with Crippen LogP contribution in [-0.2, 0) is 59.4 Å². The Bertz CT molecular complexity index is 1990. The molecule has 2 amide bonds. The van der Waals surface area contributed by atoms with Gasteiger partial charge in [0, 0.05) is 36.3 Å². The number of nitrogens with zero attached hydrogens (tertiary/aromatic N) is 1. The molecule has 0 radical (unpaired) electrons. The molecule has 0 aliphatic rings. The van der Waals surface area contributed by atoms with E-state index in [0.717, 1.165) is 44.9 Å². The summed E-state index contributed by atoms with van der Waals surface area (Å²) in [5, 5.41) is 2.66. The van der Waals surface area contributed by atoms with Crippen LogP contribution in [0.1, 0.15) is 285 Å². The van der Waals surface area contributed by atoms with Crippen LogP contribution in [0.2, 0.25) is 0 Å². The average molecular weight is 1170 g/mol. The Morgan fingerprint density at radius 3 is 1.40 bits per heavy atom. The number of rotatable bonds is 45. The van der Waals surface area contributed by atoms with Crippen LogP contribution < -0.4 is 5.32 Å². The maximum Gasteiger partial charge on any atom is 0.424 e. The Labute approximate surface area is 489 Å². The Morgan fingerprint density at radius 1 is 0.537 bits per heavy atom. The predicted octanol–water partition coefficient (Wildman–Crippen LogP) is 15.5. The van der Waals surface area contributed by atoms with Gasteiger partial charge in [-0.15, -0.1) is 0 Å². The van der Waals surface area contributed by atoms with E-state index in [1.54, 1.807) is 62.3 Å². The molecule has 0 saturated heterocycles. The second-order valence-electron chi connectivity index (χ2n) is 24.5. The topological polar surface area (TPSA) is 198 Å². The van der Waals surface area contributed by atoms with Gasteiger partial charge in [-0.1, -0.05) is 180 Å². The first-order valence-corrected chi connectivity index (χ1v) is 33.5. The van der Waals surface area contributed by atoms with Gasteiger partial charge in [-0.2, -0.15) is 16.1 Å². The van der Waals surface area contributed by atoms with E-state index in [9.17, 15) is 37.2 Å². The van der Waals surface area contributed by atoms with Gasteiger partial charge in [-0.05, 0) is 99.3 Å². The first-order chi connectivity index (χ1) is 37.7. The molecule has 1 N–H and O–H groups in total. The van der Waals surface area contributed by atoms with E-state index in [2.05, 4.69) is 19.2 Å². The molecular formula is C63H110N2O13S2. The molecule has 1 aromatic carbocycles. The van der Waals surface area contributed by atoms with Crippen LogP contribution in [0.15, 0.2) is 24.3 Å². The van der Waals surface area contributed by atoms with E-state index in [4.69, 9.17) is 23.7 Å². The third-order valence-corrected chi connectivity index (χ3v) is 16.0. The normalized spacial score (nSPS) is 12.8. The molecule has 0 fully saturated rings. The highest BCUT2D eigenvalue weighted by molar-refractivity contribution is 8.00. The van der Waals surface area contributed by atoms with Gasteiger partial charge >= 0.3 is 30.0 Å². The molecule has 80 heavy (non-hydrogen) atoms. The smallest absolute Gasteiger partial charge is 0.424 e. The van der Waals surface area contributed by atoms with Gasteiger partial charge in [-0.25, -0.2) is 18.0 Å². The SMILES string of the molecule is CCCCCCCCCCCCCCCC(=O)OC[C@H](CSCCS(=O)(=O)N(Cc1ccc(C(=O)N[C@@H](CCC(=O)OC(C)(C)C)C(=O)OC(C)(C)C)cc1)C(=O)OC(C)(C)C)OC(=O)CCCCCCCCCCCCCCC. The van der Waals surface area contributed by atoms with Crippen LogP contribution >= 0.6 is 11.8 Å². The summed E-state index contributed by atoms with van der Waals surface area (Å²) in [7, 11) is -4.31. The van der Waals surface area contributed by atoms with E-state index < -0.39 is 75.2 Å². The molecule has 0 bridgehead atoms. The van der Waals surface area contributed by atoms with Gasteiger partial charge in [0.2, 0.25) is 10.0 Å². The monoisotopic (exact) mass is 1170 g/mol. The maximum absolute atomic E-state index is 14.0. The number of sulfonamides is 1. The molecule has 17 heteroatoms. The van der Waals surface area contributed by atoms with Crippen molar-refractivity contribution in [2.75, 3.05) is 23.9 Å². The number of nitrogens with one attached hydrogen (secondary N) is 1.